The van der Waals surface area contributed by atoms with Crippen molar-refractivity contribution >= 4 is 39.2 Å². The van der Waals surface area contributed by atoms with E-state index < -0.39 is 0 Å². The molecular formula is C20H20FN3O2S2. The molecule has 5 nitrogen and oxygen atoms in total. The van der Waals surface area contributed by atoms with Crippen molar-refractivity contribution < 1.29 is 9.18 Å². The van der Waals surface area contributed by atoms with Crippen LogP contribution in [-0.2, 0) is 4.79 Å². The van der Waals surface area contributed by atoms with E-state index in [4.69, 9.17) is 0 Å². The number of likely N-dealkylation sites (N-methyl/N-ethyl adjacent to an activating group) is 1. The zero-order valence-electron chi connectivity index (χ0n) is 15.6. The Morgan fingerprint density at radius 3 is 2.71 bits per heavy atom. The highest BCUT2D eigenvalue weighted by Gasteiger charge is 2.16. The number of thioether (sulfide) groups is 1. The summed E-state index contributed by atoms with van der Waals surface area (Å²) < 4.78 is 13.2. The van der Waals surface area contributed by atoms with Gasteiger partial charge in [-0.25, -0.2) is 9.37 Å². The average molecular weight is 418 g/mol. The maximum atomic E-state index is 13.2. The van der Waals surface area contributed by atoms with Gasteiger partial charge in [0.25, 0.3) is 5.56 Å². The van der Waals surface area contributed by atoms with Crippen LogP contribution in [0.5, 0.6) is 0 Å². The molecule has 0 aliphatic carbocycles. The summed E-state index contributed by atoms with van der Waals surface area (Å²) in [6.45, 7) is 8.76. The Hall–Kier alpha value is -2.45. The second kappa shape index (κ2) is 8.70. The number of carbonyl (C=O) groups is 1. The molecule has 1 N–H and O–H groups in total. The second-order valence-corrected chi connectivity index (χ2v) is 8.18. The van der Waals surface area contributed by atoms with Gasteiger partial charge in [0.05, 0.1) is 11.1 Å². The molecule has 8 heteroatoms. The molecule has 1 aromatic carbocycles. The predicted molar refractivity (Wildman–Crippen MR) is 113 cm³/mol. The van der Waals surface area contributed by atoms with Gasteiger partial charge < -0.3 is 9.88 Å². The van der Waals surface area contributed by atoms with Gasteiger partial charge in [-0.1, -0.05) is 36.0 Å². The number of benzene rings is 1. The molecule has 3 aromatic rings. The third-order valence-corrected chi connectivity index (χ3v) is 5.84. The quantitative estimate of drug-likeness (QED) is 0.353. The van der Waals surface area contributed by atoms with Crippen molar-refractivity contribution in [3.05, 3.63) is 58.0 Å². The van der Waals surface area contributed by atoms with Crippen molar-refractivity contribution in [2.24, 2.45) is 0 Å². The number of hydrogen-bond donors (Lipinski definition) is 1. The first-order chi connectivity index (χ1) is 13.4. The fraction of sp³-hybridized carbons (Fsp3) is 0.250. The summed E-state index contributed by atoms with van der Waals surface area (Å²) in [6, 6.07) is 6.00. The summed E-state index contributed by atoms with van der Waals surface area (Å²) in [4.78, 5) is 34.5. The summed E-state index contributed by atoms with van der Waals surface area (Å²) in [5.41, 5.74) is 2.13. The van der Waals surface area contributed by atoms with E-state index >= 15 is 0 Å². The molecule has 0 spiro atoms. The van der Waals surface area contributed by atoms with Crippen LogP contribution in [0.15, 0.2) is 51.7 Å². The third-order valence-electron chi connectivity index (χ3n) is 4.11. The van der Waals surface area contributed by atoms with Crippen LogP contribution >= 0.6 is 23.1 Å². The third kappa shape index (κ3) is 4.51. The number of rotatable bonds is 7. The number of carbonyl (C=O) groups excluding carboxylic acids is 1. The maximum absolute atomic E-state index is 13.2. The fourth-order valence-corrected chi connectivity index (χ4v) is 4.53. The summed E-state index contributed by atoms with van der Waals surface area (Å²) in [6.07, 6.45) is 0. The molecule has 3 rings (SSSR count). The van der Waals surface area contributed by atoms with Crippen LogP contribution < -0.4 is 5.56 Å². The summed E-state index contributed by atoms with van der Waals surface area (Å²) >= 11 is 2.55. The molecule has 0 radical (unpaired) electrons. The molecule has 0 saturated carbocycles. The Kier molecular flexibility index (Phi) is 6.31. The average Bonchev–Trinajstić information content (AvgIpc) is 3.09. The smallest absolute Gasteiger partial charge is 0.260 e. The molecule has 0 atom stereocenters. The molecule has 0 bridgehead atoms. The van der Waals surface area contributed by atoms with Crippen LogP contribution in [0.2, 0.25) is 0 Å². The number of hydrogen-bond acceptors (Lipinski definition) is 5. The summed E-state index contributed by atoms with van der Waals surface area (Å²) in [5.74, 6) is -0.172. The van der Waals surface area contributed by atoms with Gasteiger partial charge in [-0.2, -0.15) is 0 Å². The van der Waals surface area contributed by atoms with Crippen LogP contribution in [0.3, 0.4) is 0 Å². The normalized spacial score (nSPS) is 11.0. The fourth-order valence-electron chi connectivity index (χ4n) is 2.76. The number of thiophene rings is 1. The highest BCUT2D eigenvalue weighted by atomic mass is 32.2. The minimum absolute atomic E-state index is 0.0311. The van der Waals surface area contributed by atoms with E-state index in [9.17, 15) is 14.0 Å². The van der Waals surface area contributed by atoms with Gasteiger partial charge >= 0.3 is 0 Å². The van der Waals surface area contributed by atoms with Crippen molar-refractivity contribution in [2.45, 2.75) is 19.0 Å². The minimum Gasteiger partial charge on any atom is -0.338 e. The van der Waals surface area contributed by atoms with Crippen LogP contribution in [0, 0.1) is 5.82 Å². The molecule has 2 aromatic heterocycles. The highest BCUT2D eigenvalue weighted by Crippen LogP contribution is 2.31. The molecule has 146 valence electrons. The first kappa shape index (κ1) is 20.3. The summed E-state index contributed by atoms with van der Waals surface area (Å²) in [7, 11) is 0. The van der Waals surface area contributed by atoms with Crippen molar-refractivity contribution in [1.29, 1.82) is 0 Å². The van der Waals surface area contributed by atoms with E-state index in [1.54, 1.807) is 17.0 Å². The van der Waals surface area contributed by atoms with E-state index in [1.165, 1.54) is 35.2 Å². The van der Waals surface area contributed by atoms with Gasteiger partial charge in [0.2, 0.25) is 5.91 Å². The number of H-pyrrole nitrogens is 1. The number of amides is 1. The standard InChI is InChI=1S/C20H20FN3O2S2/c1-4-24(9-12(2)3)16(25)11-28-20-22-18(26)17-15(10-27-19(17)23-20)13-5-7-14(21)8-6-13/h5-8,10H,2,4,9,11H2,1,3H3,(H,22,23,26). The van der Waals surface area contributed by atoms with E-state index in [-0.39, 0.29) is 23.0 Å². The highest BCUT2D eigenvalue weighted by molar-refractivity contribution is 7.99. The van der Waals surface area contributed by atoms with Crippen LogP contribution in [0.4, 0.5) is 4.39 Å². The molecule has 0 aliphatic heterocycles. The van der Waals surface area contributed by atoms with Gasteiger partial charge in [-0.3, -0.25) is 9.59 Å². The SMILES string of the molecule is C=C(C)CN(CC)C(=O)CSc1nc2scc(-c3ccc(F)cc3)c2c(=O)[nH]1. The van der Waals surface area contributed by atoms with Crippen molar-refractivity contribution in [3.8, 4) is 11.1 Å². The first-order valence-electron chi connectivity index (χ1n) is 8.71. The lowest BCUT2D eigenvalue weighted by atomic mass is 10.1. The van der Waals surface area contributed by atoms with Gasteiger partial charge in [0.15, 0.2) is 5.16 Å². The molecular weight excluding hydrogens is 397 g/mol. The van der Waals surface area contributed by atoms with E-state index in [0.29, 0.717) is 28.5 Å². The number of halogens is 1. The molecule has 28 heavy (non-hydrogen) atoms. The molecule has 1 amide bonds. The molecule has 0 saturated heterocycles. The number of nitrogens with one attached hydrogen (secondary N) is 1. The Morgan fingerprint density at radius 1 is 1.36 bits per heavy atom. The summed E-state index contributed by atoms with van der Waals surface area (Å²) in [5, 5.41) is 2.72. The Morgan fingerprint density at radius 2 is 2.07 bits per heavy atom. The number of aromatic nitrogens is 2. The van der Waals surface area contributed by atoms with E-state index in [0.717, 1.165) is 16.7 Å². The number of aromatic amines is 1. The minimum atomic E-state index is -0.327. The maximum Gasteiger partial charge on any atom is 0.260 e. The molecule has 0 fully saturated rings. The van der Waals surface area contributed by atoms with Gasteiger partial charge in [-0.15, -0.1) is 11.3 Å². The lowest BCUT2D eigenvalue weighted by Gasteiger charge is -2.20. The van der Waals surface area contributed by atoms with Gasteiger partial charge in [-0.05, 0) is 31.5 Å². The predicted octanol–water partition coefficient (Wildman–Crippen LogP) is 4.31. The molecule has 0 unspecified atom stereocenters. The van der Waals surface area contributed by atoms with Gasteiger partial charge in [0, 0.05) is 24.0 Å². The van der Waals surface area contributed by atoms with E-state index in [2.05, 4.69) is 16.5 Å². The van der Waals surface area contributed by atoms with Crippen LogP contribution in [-0.4, -0.2) is 39.6 Å². The van der Waals surface area contributed by atoms with Crippen molar-refractivity contribution in [1.82, 2.24) is 14.9 Å². The zero-order chi connectivity index (χ0) is 20.3. The Balaban J connectivity index is 1.81. The largest absolute Gasteiger partial charge is 0.338 e. The van der Waals surface area contributed by atoms with Crippen molar-refractivity contribution in [3.63, 3.8) is 0 Å². The van der Waals surface area contributed by atoms with Crippen LogP contribution in [0.1, 0.15) is 13.8 Å². The zero-order valence-corrected chi connectivity index (χ0v) is 17.3. The van der Waals surface area contributed by atoms with Crippen molar-refractivity contribution in [2.75, 3.05) is 18.8 Å². The monoisotopic (exact) mass is 417 g/mol. The lowest BCUT2D eigenvalue weighted by molar-refractivity contribution is -0.127. The topological polar surface area (TPSA) is 66.1 Å². The Labute approximate surface area is 170 Å². The van der Waals surface area contributed by atoms with Gasteiger partial charge in [0.1, 0.15) is 10.6 Å². The molecule has 0 aliphatic rings. The van der Waals surface area contributed by atoms with E-state index in [1.807, 2.05) is 19.2 Å². The Bertz CT molecular complexity index is 1070. The second-order valence-electron chi connectivity index (χ2n) is 6.36. The molecule has 2 heterocycles. The number of nitrogens with zero attached hydrogens (tertiary/aromatic N) is 2. The lowest BCUT2D eigenvalue weighted by Crippen LogP contribution is -2.33. The van der Waals surface area contributed by atoms with Crippen LogP contribution in [0.25, 0.3) is 21.3 Å². The number of fused-ring (bicyclic) bond motifs is 1. The first-order valence-corrected chi connectivity index (χ1v) is 10.6.